The van der Waals surface area contributed by atoms with E-state index in [-0.39, 0.29) is 6.03 Å². The second-order valence-electron chi connectivity index (χ2n) is 10.2. The van der Waals surface area contributed by atoms with Crippen LogP contribution in [0.4, 0.5) is 4.79 Å². The second-order valence-corrected chi connectivity index (χ2v) is 10.2. The molecule has 0 aliphatic carbocycles. The molecule has 3 aliphatic heterocycles. The van der Waals surface area contributed by atoms with E-state index in [2.05, 4.69) is 35.7 Å². The summed E-state index contributed by atoms with van der Waals surface area (Å²) >= 11 is 0. The summed E-state index contributed by atoms with van der Waals surface area (Å²) in [5.41, 5.74) is 3.16. The minimum absolute atomic E-state index is 0.256. The average molecular weight is 447 g/mol. The Hall–Kier alpha value is -2.67. The molecular weight excluding hydrogens is 412 g/mol. The summed E-state index contributed by atoms with van der Waals surface area (Å²) in [5.74, 6) is 1.06. The molecule has 2 amide bonds. The van der Waals surface area contributed by atoms with E-state index in [0.29, 0.717) is 11.8 Å². The van der Waals surface area contributed by atoms with Crippen molar-refractivity contribution in [1.29, 1.82) is 0 Å². The summed E-state index contributed by atoms with van der Waals surface area (Å²) in [6.45, 7) is 7.16. The predicted molar refractivity (Wildman–Crippen MR) is 130 cm³/mol. The van der Waals surface area contributed by atoms with Gasteiger partial charge in [0.15, 0.2) is 5.65 Å². The first-order valence-corrected chi connectivity index (χ1v) is 12.7. The summed E-state index contributed by atoms with van der Waals surface area (Å²) < 4.78 is 0. The third-order valence-corrected chi connectivity index (χ3v) is 8.02. The summed E-state index contributed by atoms with van der Waals surface area (Å²) in [5, 5.41) is 2.36. The van der Waals surface area contributed by atoms with Crippen molar-refractivity contribution in [3.8, 4) is 0 Å². The zero-order valence-electron chi connectivity index (χ0n) is 19.4. The Morgan fingerprint density at radius 1 is 0.970 bits per heavy atom. The monoisotopic (exact) mass is 446 g/mol. The highest BCUT2D eigenvalue weighted by atomic mass is 16.2. The van der Waals surface area contributed by atoms with E-state index in [1.807, 2.05) is 24.7 Å². The van der Waals surface area contributed by atoms with E-state index in [0.717, 1.165) is 56.6 Å². The summed E-state index contributed by atoms with van der Waals surface area (Å²) in [7, 11) is 0. The van der Waals surface area contributed by atoms with Gasteiger partial charge in [0.05, 0.1) is 11.7 Å². The van der Waals surface area contributed by atoms with Gasteiger partial charge in [-0.25, -0.2) is 14.8 Å². The van der Waals surface area contributed by atoms with E-state index in [1.165, 1.54) is 55.2 Å². The van der Waals surface area contributed by atoms with Gasteiger partial charge in [0.2, 0.25) is 0 Å². The van der Waals surface area contributed by atoms with Gasteiger partial charge in [0.1, 0.15) is 0 Å². The van der Waals surface area contributed by atoms with Gasteiger partial charge < -0.3 is 19.7 Å². The number of urea groups is 1. The number of hydrogen-bond donors (Lipinski definition) is 1. The van der Waals surface area contributed by atoms with Crippen LogP contribution in [0.25, 0.3) is 21.9 Å². The first kappa shape index (κ1) is 20.9. The van der Waals surface area contributed by atoms with Crippen LogP contribution >= 0.6 is 0 Å². The van der Waals surface area contributed by atoms with Crippen LogP contribution in [0.15, 0.2) is 30.7 Å². The second kappa shape index (κ2) is 8.93. The number of H-pyrrole nitrogens is 1. The third-order valence-electron chi connectivity index (χ3n) is 8.02. The van der Waals surface area contributed by atoms with E-state index in [1.54, 1.807) is 0 Å². The molecule has 33 heavy (non-hydrogen) atoms. The minimum atomic E-state index is 0.256. The summed E-state index contributed by atoms with van der Waals surface area (Å²) in [6.07, 6.45) is 12.9. The molecule has 3 saturated heterocycles. The lowest BCUT2D eigenvalue weighted by atomic mass is 9.88. The van der Waals surface area contributed by atoms with Crippen molar-refractivity contribution in [3.63, 3.8) is 0 Å². The molecule has 0 spiro atoms. The van der Waals surface area contributed by atoms with Crippen LogP contribution < -0.4 is 0 Å². The smallest absolute Gasteiger partial charge is 0.320 e. The lowest BCUT2D eigenvalue weighted by Crippen LogP contribution is -2.50. The molecule has 0 aromatic carbocycles. The Balaban J connectivity index is 1.11. The van der Waals surface area contributed by atoms with Crippen LogP contribution in [-0.2, 0) is 0 Å². The van der Waals surface area contributed by atoms with E-state index in [4.69, 9.17) is 0 Å². The number of pyridine rings is 2. The number of rotatable bonds is 3. The number of aromatic nitrogens is 3. The molecule has 3 fully saturated rings. The maximum Gasteiger partial charge on any atom is 0.320 e. The fourth-order valence-electron chi connectivity index (χ4n) is 6.27. The molecule has 3 aliphatic rings. The molecule has 6 rings (SSSR count). The maximum atomic E-state index is 13.3. The molecule has 0 saturated carbocycles. The topological polar surface area (TPSA) is 68.4 Å². The molecular formula is C26H34N6O. The van der Waals surface area contributed by atoms with Gasteiger partial charge in [0, 0.05) is 55.9 Å². The van der Waals surface area contributed by atoms with Gasteiger partial charge in [-0.05, 0) is 75.1 Å². The van der Waals surface area contributed by atoms with Gasteiger partial charge >= 0.3 is 6.03 Å². The number of carbonyl (C=O) groups is 1. The lowest BCUT2D eigenvalue weighted by Gasteiger charge is -2.40. The highest BCUT2D eigenvalue weighted by Crippen LogP contribution is 2.36. The molecule has 7 nitrogen and oxygen atoms in total. The highest BCUT2D eigenvalue weighted by Gasteiger charge is 2.32. The Kier molecular flexibility index (Phi) is 5.66. The molecule has 7 heteroatoms. The summed E-state index contributed by atoms with van der Waals surface area (Å²) in [6, 6.07) is 4.44. The van der Waals surface area contributed by atoms with Crippen LogP contribution in [0.3, 0.4) is 0 Å². The molecule has 174 valence electrons. The molecule has 0 radical (unpaired) electrons. The number of amides is 2. The van der Waals surface area contributed by atoms with Crippen LogP contribution in [-0.4, -0.2) is 81.5 Å². The fraction of sp³-hybridized carbons (Fsp3) is 0.577. The maximum absolute atomic E-state index is 13.3. The van der Waals surface area contributed by atoms with Gasteiger partial charge in [-0.15, -0.1) is 0 Å². The zero-order chi connectivity index (χ0) is 22.2. The van der Waals surface area contributed by atoms with E-state index in [9.17, 15) is 4.79 Å². The van der Waals surface area contributed by atoms with Crippen molar-refractivity contribution < 1.29 is 4.79 Å². The summed E-state index contributed by atoms with van der Waals surface area (Å²) in [4.78, 5) is 32.6. The first-order chi connectivity index (χ1) is 16.3. The quantitative estimate of drug-likeness (QED) is 0.654. The van der Waals surface area contributed by atoms with Crippen molar-refractivity contribution >= 4 is 28.0 Å². The number of aromatic amines is 1. The molecule has 0 bridgehead atoms. The Morgan fingerprint density at radius 3 is 2.64 bits per heavy atom. The van der Waals surface area contributed by atoms with Gasteiger partial charge in [-0.3, -0.25) is 0 Å². The van der Waals surface area contributed by atoms with Gasteiger partial charge in [-0.2, -0.15) is 0 Å². The molecule has 1 atom stereocenters. The fourth-order valence-corrected chi connectivity index (χ4v) is 6.27. The molecule has 3 aromatic rings. The Morgan fingerprint density at radius 2 is 1.79 bits per heavy atom. The standard InChI is InChI=1S/C26H34N6O/c33-26(32-12-4-5-19(18-32)17-30-10-1-2-11-30)31-13-7-20(8-14-31)22-15-28-25-24(22)21-6-3-9-27-23(21)16-29-25/h3,6,9,15-16,19-20,27H,1-2,4-5,7-8,10-14,17-18H2. The van der Waals surface area contributed by atoms with Crippen LogP contribution in [0, 0.1) is 5.92 Å². The van der Waals surface area contributed by atoms with Crippen molar-refractivity contribution in [1.82, 2.24) is 29.7 Å². The Labute approximate surface area is 195 Å². The number of fused-ring (bicyclic) bond motifs is 3. The van der Waals surface area contributed by atoms with Crippen LogP contribution in [0.2, 0.25) is 0 Å². The first-order valence-electron chi connectivity index (χ1n) is 12.7. The largest absolute Gasteiger partial charge is 0.360 e. The highest BCUT2D eigenvalue weighted by molar-refractivity contribution is 6.05. The number of hydrogen-bond acceptors (Lipinski definition) is 4. The number of nitrogens with zero attached hydrogens (tertiary/aromatic N) is 5. The predicted octanol–water partition coefficient (Wildman–Crippen LogP) is 4.22. The zero-order valence-corrected chi connectivity index (χ0v) is 19.4. The van der Waals surface area contributed by atoms with Crippen molar-refractivity contribution in [2.75, 3.05) is 45.8 Å². The van der Waals surface area contributed by atoms with E-state index < -0.39 is 0 Å². The molecule has 1 N–H and O–H groups in total. The van der Waals surface area contributed by atoms with E-state index >= 15 is 0 Å². The molecule has 3 aromatic heterocycles. The normalized spacial score (nSPS) is 23.1. The average Bonchev–Trinajstić information content (AvgIpc) is 3.54. The van der Waals surface area contributed by atoms with Crippen LogP contribution in [0.5, 0.6) is 0 Å². The SMILES string of the molecule is O=C(N1CCC(c2cnc3ncc4[nH]cccc4c23)CC1)N1CCCC(CN2CCCC2)C1. The van der Waals surface area contributed by atoms with Crippen molar-refractivity contribution in [2.24, 2.45) is 5.92 Å². The van der Waals surface area contributed by atoms with Crippen molar-refractivity contribution in [2.45, 2.75) is 44.4 Å². The number of nitrogens with one attached hydrogen (secondary N) is 1. The molecule has 6 heterocycles. The lowest BCUT2D eigenvalue weighted by molar-refractivity contribution is 0.109. The molecule has 1 unspecified atom stereocenters. The number of piperidine rings is 2. The van der Waals surface area contributed by atoms with Crippen molar-refractivity contribution in [3.05, 3.63) is 36.3 Å². The number of likely N-dealkylation sites (tertiary alicyclic amines) is 3. The number of carbonyl (C=O) groups excluding carboxylic acids is 1. The Bertz CT molecular complexity index is 1130. The third kappa shape index (κ3) is 4.07. The van der Waals surface area contributed by atoms with Gasteiger partial charge in [-0.1, -0.05) is 6.07 Å². The van der Waals surface area contributed by atoms with Crippen LogP contribution in [0.1, 0.15) is 50.0 Å². The minimum Gasteiger partial charge on any atom is -0.360 e. The van der Waals surface area contributed by atoms with Gasteiger partial charge in [0.25, 0.3) is 0 Å².